The maximum Gasteiger partial charge on any atom is 0.339 e. The van der Waals surface area contributed by atoms with Crippen LogP contribution in [0.5, 0.6) is 0 Å². The third-order valence-electron chi connectivity index (χ3n) is 2.39. The second-order valence-electron chi connectivity index (χ2n) is 4.47. The molecule has 0 unspecified atom stereocenters. The first-order valence-corrected chi connectivity index (χ1v) is 5.99. The zero-order valence-electron chi connectivity index (χ0n) is 10.1. The molecule has 0 aromatic heterocycles. The van der Waals surface area contributed by atoms with Crippen molar-refractivity contribution in [3.8, 4) is 0 Å². The Balaban J connectivity index is 2.78. The number of halogens is 1. The van der Waals surface area contributed by atoms with E-state index in [4.69, 9.17) is 15.6 Å². The molecule has 0 spiro atoms. The van der Waals surface area contributed by atoms with Crippen LogP contribution in [-0.2, 0) is 9.53 Å². The van der Waals surface area contributed by atoms with Crippen molar-refractivity contribution in [2.75, 3.05) is 12.3 Å². The van der Waals surface area contributed by atoms with E-state index in [1.165, 1.54) is 13.8 Å². The van der Waals surface area contributed by atoms with Crippen LogP contribution >= 0.6 is 15.9 Å². The van der Waals surface area contributed by atoms with Crippen molar-refractivity contribution in [2.45, 2.75) is 13.8 Å². The quantitative estimate of drug-likeness (QED) is 0.657. The SMILES string of the molecule is CC(C)(COC(=O)c1cccc(N)c1Br)C(=O)O. The third-order valence-corrected chi connectivity index (χ3v) is 3.28. The Morgan fingerprint density at radius 3 is 2.61 bits per heavy atom. The van der Waals surface area contributed by atoms with Crippen molar-refractivity contribution < 1.29 is 19.4 Å². The van der Waals surface area contributed by atoms with E-state index in [-0.39, 0.29) is 12.2 Å². The van der Waals surface area contributed by atoms with Gasteiger partial charge in [-0.2, -0.15) is 0 Å². The fraction of sp³-hybridized carbons (Fsp3) is 0.333. The average Bonchev–Trinajstić information content (AvgIpc) is 2.29. The second-order valence-corrected chi connectivity index (χ2v) is 5.27. The number of nitrogen functional groups attached to an aromatic ring is 1. The molecule has 0 amide bonds. The molecule has 0 fully saturated rings. The molecule has 1 aromatic rings. The molecule has 0 aliphatic carbocycles. The molecule has 18 heavy (non-hydrogen) atoms. The molecule has 0 aliphatic heterocycles. The fourth-order valence-corrected chi connectivity index (χ4v) is 1.52. The summed E-state index contributed by atoms with van der Waals surface area (Å²) in [5.41, 5.74) is 5.21. The van der Waals surface area contributed by atoms with Crippen LogP contribution in [0.3, 0.4) is 0 Å². The van der Waals surface area contributed by atoms with Crippen molar-refractivity contribution in [2.24, 2.45) is 5.41 Å². The minimum Gasteiger partial charge on any atom is -0.481 e. The molecule has 0 radical (unpaired) electrons. The van der Waals surface area contributed by atoms with Gasteiger partial charge in [-0.1, -0.05) is 6.07 Å². The van der Waals surface area contributed by atoms with E-state index in [1.807, 2.05) is 0 Å². The van der Waals surface area contributed by atoms with E-state index in [1.54, 1.807) is 18.2 Å². The first-order chi connectivity index (χ1) is 8.25. The highest BCUT2D eigenvalue weighted by Crippen LogP contribution is 2.25. The number of benzene rings is 1. The Labute approximate surface area is 113 Å². The van der Waals surface area contributed by atoms with Gasteiger partial charge in [0, 0.05) is 5.69 Å². The van der Waals surface area contributed by atoms with Crippen molar-refractivity contribution >= 4 is 33.6 Å². The Morgan fingerprint density at radius 1 is 1.44 bits per heavy atom. The number of carboxylic acids is 1. The summed E-state index contributed by atoms with van der Waals surface area (Å²) < 4.78 is 5.43. The van der Waals surface area contributed by atoms with Gasteiger partial charge in [-0.15, -0.1) is 0 Å². The van der Waals surface area contributed by atoms with Crippen molar-refractivity contribution in [3.63, 3.8) is 0 Å². The molecule has 98 valence electrons. The third kappa shape index (κ3) is 3.22. The van der Waals surface area contributed by atoms with Crippen LogP contribution in [0.1, 0.15) is 24.2 Å². The monoisotopic (exact) mass is 315 g/mol. The normalized spacial score (nSPS) is 11.1. The average molecular weight is 316 g/mol. The van der Waals surface area contributed by atoms with E-state index >= 15 is 0 Å². The van der Waals surface area contributed by atoms with Crippen LogP contribution in [0.15, 0.2) is 22.7 Å². The molecule has 0 saturated heterocycles. The molecule has 0 atom stereocenters. The standard InChI is InChI=1S/C12H14BrNO4/c1-12(2,11(16)17)6-18-10(15)7-4-3-5-8(14)9(7)13/h3-5H,6,14H2,1-2H3,(H,16,17). The van der Waals surface area contributed by atoms with Crippen LogP contribution in [0.25, 0.3) is 0 Å². The highest BCUT2D eigenvalue weighted by Gasteiger charge is 2.29. The van der Waals surface area contributed by atoms with Crippen molar-refractivity contribution in [1.29, 1.82) is 0 Å². The summed E-state index contributed by atoms with van der Waals surface area (Å²) in [6, 6.07) is 4.82. The lowest BCUT2D eigenvalue weighted by molar-refractivity contribution is -0.149. The maximum absolute atomic E-state index is 11.8. The minimum atomic E-state index is -1.12. The second kappa shape index (κ2) is 5.39. The molecule has 0 saturated carbocycles. The summed E-state index contributed by atoms with van der Waals surface area (Å²) in [6.07, 6.45) is 0. The van der Waals surface area contributed by atoms with Crippen molar-refractivity contribution in [3.05, 3.63) is 28.2 Å². The largest absolute Gasteiger partial charge is 0.481 e. The number of nitrogens with two attached hydrogens (primary N) is 1. The lowest BCUT2D eigenvalue weighted by atomic mass is 9.95. The Morgan fingerprint density at radius 2 is 2.06 bits per heavy atom. The van der Waals surface area contributed by atoms with E-state index in [2.05, 4.69) is 15.9 Å². The van der Waals surface area contributed by atoms with Crippen LogP contribution in [0.4, 0.5) is 5.69 Å². The smallest absolute Gasteiger partial charge is 0.339 e. The van der Waals surface area contributed by atoms with Crippen molar-refractivity contribution in [1.82, 2.24) is 0 Å². The van der Waals surface area contributed by atoms with Gasteiger partial charge >= 0.3 is 11.9 Å². The molecule has 1 aromatic carbocycles. The minimum absolute atomic E-state index is 0.206. The van der Waals surface area contributed by atoms with Crippen LogP contribution in [-0.4, -0.2) is 23.7 Å². The predicted octanol–water partition coefficient (Wildman–Crippen LogP) is 2.30. The molecule has 0 bridgehead atoms. The predicted molar refractivity (Wildman–Crippen MR) is 70.3 cm³/mol. The first kappa shape index (κ1) is 14.5. The maximum atomic E-state index is 11.8. The highest BCUT2D eigenvalue weighted by atomic mass is 79.9. The molecule has 3 N–H and O–H groups in total. The molecule has 6 heteroatoms. The number of rotatable bonds is 4. The number of hydrogen-bond acceptors (Lipinski definition) is 4. The van der Waals surface area contributed by atoms with Gasteiger partial charge in [0.25, 0.3) is 0 Å². The number of carbonyl (C=O) groups excluding carboxylic acids is 1. The fourth-order valence-electron chi connectivity index (χ4n) is 1.09. The van der Waals surface area contributed by atoms with Crippen LogP contribution < -0.4 is 5.73 Å². The van der Waals surface area contributed by atoms with Gasteiger partial charge in [0.15, 0.2) is 0 Å². The molecule has 0 aliphatic rings. The number of carboxylic acid groups (broad SMARTS) is 1. The van der Waals surface area contributed by atoms with Gasteiger partial charge in [-0.25, -0.2) is 4.79 Å². The summed E-state index contributed by atoms with van der Waals surface area (Å²) in [5, 5.41) is 8.90. The highest BCUT2D eigenvalue weighted by molar-refractivity contribution is 9.10. The van der Waals surface area contributed by atoms with Gasteiger partial charge in [-0.3, -0.25) is 4.79 Å². The Bertz CT molecular complexity index is 485. The summed E-state index contributed by atoms with van der Waals surface area (Å²) in [6.45, 7) is 2.76. The van der Waals surface area contributed by atoms with Gasteiger partial charge in [0.1, 0.15) is 6.61 Å². The van der Waals surface area contributed by atoms with Crippen LogP contribution in [0, 0.1) is 5.41 Å². The summed E-state index contributed by atoms with van der Waals surface area (Å²) in [5.74, 6) is -1.63. The molecule has 0 heterocycles. The molecule has 1 rings (SSSR count). The summed E-state index contributed by atoms with van der Waals surface area (Å²) >= 11 is 3.19. The first-order valence-electron chi connectivity index (χ1n) is 5.20. The lowest BCUT2D eigenvalue weighted by Crippen LogP contribution is -2.30. The molecular weight excluding hydrogens is 302 g/mol. The molecular formula is C12H14BrNO4. The van der Waals surface area contributed by atoms with Crippen LogP contribution in [0.2, 0.25) is 0 Å². The zero-order chi connectivity index (χ0) is 13.9. The number of carbonyl (C=O) groups is 2. The number of anilines is 1. The zero-order valence-corrected chi connectivity index (χ0v) is 11.7. The van der Waals surface area contributed by atoms with E-state index < -0.39 is 17.4 Å². The van der Waals surface area contributed by atoms with E-state index in [0.717, 1.165) is 0 Å². The number of aliphatic carboxylic acids is 1. The van der Waals surface area contributed by atoms with E-state index in [0.29, 0.717) is 10.2 Å². The Hall–Kier alpha value is -1.56. The summed E-state index contributed by atoms with van der Waals surface area (Å²) in [4.78, 5) is 22.7. The van der Waals surface area contributed by atoms with Gasteiger partial charge in [0.05, 0.1) is 15.5 Å². The molecule has 5 nitrogen and oxygen atoms in total. The topological polar surface area (TPSA) is 89.6 Å². The number of hydrogen-bond donors (Lipinski definition) is 2. The number of ether oxygens (including phenoxy) is 1. The van der Waals surface area contributed by atoms with E-state index in [9.17, 15) is 9.59 Å². The summed E-state index contributed by atoms with van der Waals surface area (Å²) in [7, 11) is 0. The Kier molecular flexibility index (Phi) is 4.34. The van der Waals surface area contributed by atoms with Gasteiger partial charge in [-0.05, 0) is 41.9 Å². The van der Waals surface area contributed by atoms with Gasteiger partial charge in [0.2, 0.25) is 0 Å². The lowest BCUT2D eigenvalue weighted by Gasteiger charge is -2.18. The van der Waals surface area contributed by atoms with Gasteiger partial charge < -0.3 is 15.6 Å². The number of esters is 1.